The molecule has 2 aromatic rings. The zero-order valence-corrected chi connectivity index (χ0v) is 8.41. The highest BCUT2D eigenvalue weighted by Gasteiger charge is 2.13. The molecule has 80 valence electrons. The maximum Gasteiger partial charge on any atom is 0.130 e. The molecule has 0 amide bonds. The summed E-state index contributed by atoms with van der Waals surface area (Å²) in [4.78, 5) is 3.98. The molecule has 2 rings (SSSR count). The van der Waals surface area contributed by atoms with Gasteiger partial charge in [-0.25, -0.2) is 4.68 Å². The second kappa shape index (κ2) is 4.51. The molecule has 6 heteroatoms. The van der Waals surface area contributed by atoms with Crippen LogP contribution in [0.15, 0.2) is 24.5 Å². The average Bonchev–Trinajstić information content (AvgIpc) is 2.74. The Balaban J connectivity index is 2.53. The van der Waals surface area contributed by atoms with E-state index in [4.69, 9.17) is 10.4 Å². The topological polar surface area (TPSA) is 87.6 Å². The number of aliphatic hydroxyl groups is 1. The van der Waals surface area contributed by atoms with Gasteiger partial charge in [0.15, 0.2) is 0 Å². The van der Waals surface area contributed by atoms with Gasteiger partial charge in [0.1, 0.15) is 12.2 Å². The zero-order valence-electron chi connectivity index (χ0n) is 8.41. The first kappa shape index (κ1) is 10.3. The fourth-order valence-electron chi connectivity index (χ4n) is 1.45. The lowest BCUT2D eigenvalue weighted by Crippen LogP contribution is -2.01. The molecule has 0 aliphatic heterocycles. The Labute approximate surface area is 91.8 Å². The van der Waals surface area contributed by atoms with Gasteiger partial charge < -0.3 is 5.11 Å². The maximum atomic E-state index is 9.14. The molecule has 16 heavy (non-hydrogen) atoms. The van der Waals surface area contributed by atoms with Gasteiger partial charge in [0.25, 0.3) is 0 Å². The molecule has 0 aromatic carbocycles. The van der Waals surface area contributed by atoms with E-state index in [1.165, 1.54) is 4.68 Å². The molecule has 0 aliphatic carbocycles. The molecule has 0 atom stereocenters. The third-order valence-corrected chi connectivity index (χ3v) is 2.11. The van der Waals surface area contributed by atoms with Gasteiger partial charge in [0.05, 0.1) is 18.4 Å². The quantitative estimate of drug-likeness (QED) is 0.798. The Morgan fingerprint density at radius 3 is 3.00 bits per heavy atom. The Morgan fingerprint density at radius 1 is 1.50 bits per heavy atom. The largest absolute Gasteiger partial charge is 0.390 e. The summed E-state index contributed by atoms with van der Waals surface area (Å²) in [5, 5.41) is 25.4. The van der Waals surface area contributed by atoms with Crippen molar-refractivity contribution in [2.45, 2.75) is 13.2 Å². The Bertz CT molecular complexity index is 514. The van der Waals surface area contributed by atoms with Crippen LogP contribution in [0.25, 0.3) is 11.3 Å². The van der Waals surface area contributed by atoms with Crippen LogP contribution in [0.2, 0.25) is 0 Å². The van der Waals surface area contributed by atoms with Gasteiger partial charge in [-0.05, 0) is 12.1 Å². The van der Waals surface area contributed by atoms with E-state index in [1.54, 1.807) is 18.5 Å². The van der Waals surface area contributed by atoms with E-state index in [-0.39, 0.29) is 13.2 Å². The summed E-state index contributed by atoms with van der Waals surface area (Å²) in [6, 6.07) is 5.60. The summed E-state index contributed by atoms with van der Waals surface area (Å²) in [5.41, 5.74) is 1.87. The lowest BCUT2D eigenvalue weighted by atomic mass is 10.1. The molecule has 2 aromatic heterocycles. The minimum Gasteiger partial charge on any atom is -0.390 e. The summed E-state index contributed by atoms with van der Waals surface area (Å²) in [6.45, 7) is -0.118. The van der Waals surface area contributed by atoms with Crippen LogP contribution in [0.4, 0.5) is 0 Å². The van der Waals surface area contributed by atoms with E-state index in [9.17, 15) is 0 Å². The number of nitriles is 1. The zero-order chi connectivity index (χ0) is 11.4. The third kappa shape index (κ3) is 1.76. The summed E-state index contributed by atoms with van der Waals surface area (Å²) in [7, 11) is 0. The van der Waals surface area contributed by atoms with Crippen molar-refractivity contribution in [2.24, 2.45) is 0 Å². The number of aliphatic hydroxyl groups excluding tert-OH is 1. The normalized spacial score (nSPS) is 10.0. The molecule has 0 spiro atoms. The molecule has 0 saturated heterocycles. The van der Waals surface area contributed by atoms with Crippen LogP contribution in [0.3, 0.4) is 0 Å². The third-order valence-electron chi connectivity index (χ3n) is 2.11. The van der Waals surface area contributed by atoms with Crippen molar-refractivity contribution in [3.8, 4) is 17.3 Å². The number of hydrogen-bond acceptors (Lipinski definition) is 5. The minimum absolute atomic E-state index is 0.0945. The van der Waals surface area contributed by atoms with Gasteiger partial charge in [-0.3, -0.25) is 4.98 Å². The second-order valence-electron chi connectivity index (χ2n) is 3.10. The molecular formula is C10H9N5O. The lowest BCUT2D eigenvalue weighted by Gasteiger charge is -2.03. The lowest BCUT2D eigenvalue weighted by molar-refractivity contribution is 0.277. The van der Waals surface area contributed by atoms with Gasteiger partial charge in [-0.2, -0.15) is 5.26 Å². The molecule has 1 N–H and O–H groups in total. The monoisotopic (exact) mass is 215 g/mol. The van der Waals surface area contributed by atoms with Crippen LogP contribution in [-0.4, -0.2) is 25.1 Å². The van der Waals surface area contributed by atoms with E-state index < -0.39 is 0 Å². The van der Waals surface area contributed by atoms with Gasteiger partial charge in [0.2, 0.25) is 0 Å². The van der Waals surface area contributed by atoms with Crippen molar-refractivity contribution in [1.82, 2.24) is 20.0 Å². The first-order valence-corrected chi connectivity index (χ1v) is 4.67. The fraction of sp³-hybridized carbons (Fsp3) is 0.200. The Hall–Kier alpha value is -2.26. The number of pyridine rings is 1. The SMILES string of the molecule is N#CCn1nnc(CO)c1-c1cccnc1. The Kier molecular flexibility index (Phi) is 2.89. The second-order valence-corrected chi connectivity index (χ2v) is 3.10. The van der Waals surface area contributed by atoms with Gasteiger partial charge >= 0.3 is 0 Å². The van der Waals surface area contributed by atoms with Gasteiger partial charge in [-0.1, -0.05) is 5.21 Å². The number of rotatable bonds is 3. The van der Waals surface area contributed by atoms with Gasteiger partial charge in [0, 0.05) is 18.0 Å². The highest BCUT2D eigenvalue weighted by atomic mass is 16.3. The first-order valence-electron chi connectivity index (χ1n) is 4.67. The van der Waals surface area contributed by atoms with Crippen LogP contribution in [-0.2, 0) is 13.2 Å². The van der Waals surface area contributed by atoms with Crippen molar-refractivity contribution >= 4 is 0 Å². The standard InChI is InChI=1S/C10H9N5O/c11-3-5-15-10(9(7-16)13-14-15)8-2-1-4-12-6-8/h1-2,4,6,16H,5,7H2. The molecule has 0 saturated carbocycles. The van der Waals surface area contributed by atoms with Crippen LogP contribution in [0, 0.1) is 11.3 Å². The van der Waals surface area contributed by atoms with E-state index >= 15 is 0 Å². The van der Waals surface area contributed by atoms with E-state index in [0.717, 1.165) is 5.56 Å². The molecule has 6 nitrogen and oxygen atoms in total. The first-order chi connectivity index (χ1) is 7.86. The predicted molar refractivity (Wildman–Crippen MR) is 54.8 cm³/mol. The van der Waals surface area contributed by atoms with Crippen molar-refractivity contribution in [3.05, 3.63) is 30.2 Å². The summed E-state index contributed by atoms with van der Waals surface area (Å²) in [5.74, 6) is 0. The fourth-order valence-corrected chi connectivity index (χ4v) is 1.45. The van der Waals surface area contributed by atoms with Crippen LogP contribution in [0.5, 0.6) is 0 Å². The molecular weight excluding hydrogens is 206 g/mol. The van der Waals surface area contributed by atoms with E-state index in [1.807, 2.05) is 12.1 Å². The molecule has 0 radical (unpaired) electrons. The predicted octanol–water partition coefficient (Wildman–Crippen LogP) is 0.356. The van der Waals surface area contributed by atoms with Gasteiger partial charge in [-0.15, -0.1) is 5.10 Å². The van der Waals surface area contributed by atoms with Crippen molar-refractivity contribution in [1.29, 1.82) is 5.26 Å². The number of hydrogen-bond donors (Lipinski definition) is 1. The van der Waals surface area contributed by atoms with Crippen LogP contribution >= 0.6 is 0 Å². The summed E-state index contributed by atoms with van der Waals surface area (Å²) in [6.07, 6.45) is 3.30. The molecule has 0 bridgehead atoms. The smallest absolute Gasteiger partial charge is 0.130 e. The summed E-state index contributed by atoms with van der Waals surface area (Å²) < 4.78 is 1.45. The van der Waals surface area contributed by atoms with Crippen LogP contribution < -0.4 is 0 Å². The minimum atomic E-state index is -0.213. The highest BCUT2D eigenvalue weighted by molar-refractivity contribution is 5.60. The molecule has 0 aliphatic rings. The van der Waals surface area contributed by atoms with Crippen molar-refractivity contribution < 1.29 is 5.11 Å². The molecule has 2 heterocycles. The number of nitrogens with zero attached hydrogens (tertiary/aromatic N) is 5. The van der Waals surface area contributed by atoms with Crippen molar-refractivity contribution in [3.63, 3.8) is 0 Å². The highest BCUT2D eigenvalue weighted by Crippen LogP contribution is 2.20. The summed E-state index contributed by atoms with van der Waals surface area (Å²) >= 11 is 0. The molecule has 0 fully saturated rings. The average molecular weight is 215 g/mol. The van der Waals surface area contributed by atoms with Crippen LogP contribution in [0.1, 0.15) is 5.69 Å². The number of aromatic nitrogens is 4. The van der Waals surface area contributed by atoms with E-state index in [2.05, 4.69) is 15.3 Å². The molecule has 0 unspecified atom stereocenters. The van der Waals surface area contributed by atoms with Crippen molar-refractivity contribution in [2.75, 3.05) is 0 Å². The van der Waals surface area contributed by atoms with E-state index in [0.29, 0.717) is 11.4 Å². The maximum absolute atomic E-state index is 9.14. The Morgan fingerprint density at radius 2 is 2.38 bits per heavy atom.